The highest BCUT2D eigenvalue weighted by molar-refractivity contribution is 7.89. The lowest BCUT2D eigenvalue weighted by molar-refractivity contribution is 0.273. The summed E-state index contributed by atoms with van der Waals surface area (Å²) in [6.45, 7) is 2.71. The number of sulfonamides is 1. The standard InChI is InChI=1S/C31H30ClFN4O2S.ClH/c1-34-40(38,39)25-5-3-24(4-6-25)31(12-13-31)20-37-16-10-21(11-17-37)26-19-36-30(23-2-7-28(33)27(32)18-23)29(26)22-8-14-35-15-9-22;/h2-10,14-15,18-19,34,36H,11-13,16-17,20H2,1H3;1H. The molecule has 214 valence electrons. The monoisotopic (exact) mass is 612 g/mol. The van der Waals surface area contributed by atoms with Crippen LogP contribution in [0.2, 0.25) is 5.02 Å². The van der Waals surface area contributed by atoms with Crippen molar-refractivity contribution in [2.45, 2.75) is 29.6 Å². The fourth-order valence-electron chi connectivity index (χ4n) is 5.70. The average molecular weight is 614 g/mol. The molecule has 2 N–H and O–H groups in total. The van der Waals surface area contributed by atoms with Gasteiger partial charge in [-0.05, 0) is 85.5 Å². The van der Waals surface area contributed by atoms with Gasteiger partial charge in [0.2, 0.25) is 10.0 Å². The van der Waals surface area contributed by atoms with Gasteiger partial charge >= 0.3 is 0 Å². The van der Waals surface area contributed by atoms with Crippen molar-refractivity contribution in [1.29, 1.82) is 0 Å². The molecule has 2 aromatic carbocycles. The molecule has 0 radical (unpaired) electrons. The Bertz CT molecular complexity index is 1690. The van der Waals surface area contributed by atoms with Gasteiger partial charge in [-0.3, -0.25) is 9.88 Å². The van der Waals surface area contributed by atoms with E-state index in [4.69, 9.17) is 11.6 Å². The maximum atomic E-state index is 13.9. The zero-order valence-electron chi connectivity index (χ0n) is 22.5. The van der Waals surface area contributed by atoms with Crippen LogP contribution in [0.15, 0.2) is 84.2 Å². The van der Waals surface area contributed by atoms with E-state index in [0.717, 1.165) is 66.8 Å². The Kier molecular flexibility index (Phi) is 8.41. The summed E-state index contributed by atoms with van der Waals surface area (Å²) in [4.78, 5) is 10.4. The summed E-state index contributed by atoms with van der Waals surface area (Å²) in [6.07, 6.45) is 11.0. The van der Waals surface area contributed by atoms with Gasteiger partial charge in [-0.1, -0.05) is 29.8 Å². The number of hydrogen-bond donors (Lipinski definition) is 2. The van der Waals surface area contributed by atoms with Gasteiger partial charge in [0.1, 0.15) is 5.82 Å². The predicted molar refractivity (Wildman–Crippen MR) is 164 cm³/mol. The third-order valence-electron chi connectivity index (χ3n) is 8.12. The van der Waals surface area contributed by atoms with Crippen LogP contribution in [0.25, 0.3) is 28.0 Å². The number of halogens is 3. The Morgan fingerprint density at radius 1 is 1.07 bits per heavy atom. The predicted octanol–water partition coefficient (Wildman–Crippen LogP) is 6.69. The number of nitrogens with one attached hydrogen (secondary N) is 2. The molecule has 0 unspecified atom stereocenters. The summed E-state index contributed by atoms with van der Waals surface area (Å²) in [6, 6.07) is 16.1. The summed E-state index contributed by atoms with van der Waals surface area (Å²) in [5.74, 6) is -0.440. The molecule has 0 atom stereocenters. The molecule has 10 heteroatoms. The molecule has 2 aliphatic rings. The van der Waals surface area contributed by atoms with Gasteiger partial charge in [-0.2, -0.15) is 0 Å². The molecule has 1 saturated carbocycles. The van der Waals surface area contributed by atoms with E-state index in [1.165, 1.54) is 24.3 Å². The lowest BCUT2D eigenvalue weighted by Crippen LogP contribution is -2.35. The van der Waals surface area contributed by atoms with Crippen LogP contribution in [-0.4, -0.2) is 50.0 Å². The van der Waals surface area contributed by atoms with Crippen LogP contribution in [0, 0.1) is 5.82 Å². The van der Waals surface area contributed by atoms with Crippen molar-refractivity contribution < 1.29 is 12.8 Å². The molecule has 4 aromatic rings. The molecule has 2 aromatic heterocycles. The highest BCUT2D eigenvalue weighted by Crippen LogP contribution is 2.49. The van der Waals surface area contributed by atoms with E-state index in [0.29, 0.717) is 4.90 Å². The molecule has 6 nitrogen and oxygen atoms in total. The maximum Gasteiger partial charge on any atom is 0.240 e. The summed E-state index contributed by atoms with van der Waals surface area (Å²) in [5.41, 5.74) is 7.49. The van der Waals surface area contributed by atoms with Gasteiger partial charge in [-0.25, -0.2) is 17.5 Å². The normalized spacial score (nSPS) is 16.6. The summed E-state index contributed by atoms with van der Waals surface area (Å²) < 4.78 is 40.5. The fraction of sp³-hybridized carbons (Fsp3) is 0.258. The zero-order valence-corrected chi connectivity index (χ0v) is 24.9. The molecule has 41 heavy (non-hydrogen) atoms. The second kappa shape index (κ2) is 11.7. The van der Waals surface area contributed by atoms with E-state index >= 15 is 0 Å². The van der Waals surface area contributed by atoms with Crippen molar-refractivity contribution in [1.82, 2.24) is 19.6 Å². The molecular weight excluding hydrogens is 582 g/mol. The van der Waals surface area contributed by atoms with E-state index in [2.05, 4.69) is 25.7 Å². The molecule has 1 fully saturated rings. The van der Waals surface area contributed by atoms with E-state index in [-0.39, 0.29) is 22.8 Å². The Hall–Kier alpha value is -3.01. The first-order valence-corrected chi connectivity index (χ1v) is 15.2. The Morgan fingerprint density at radius 3 is 2.41 bits per heavy atom. The SMILES string of the molecule is CNS(=O)(=O)c1ccc(C2(CN3CC=C(c4c[nH]c(-c5ccc(F)c(Cl)c5)c4-c4ccncc4)CC3)CC2)cc1.Cl. The summed E-state index contributed by atoms with van der Waals surface area (Å²) in [7, 11) is -2.01. The number of benzene rings is 2. The molecule has 6 rings (SSSR count). The Balaban J connectivity index is 0.00000337. The minimum absolute atomic E-state index is 0. The van der Waals surface area contributed by atoms with E-state index in [9.17, 15) is 12.8 Å². The maximum absolute atomic E-state index is 13.9. The van der Waals surface area contributed by atoms with E-state index < -0.39 is 15.8 Å². The Morgan fingerprint density at radius 2 is 1.80 bits per heavy atom. The third kappa shape index (κ3) is 5.85. The van der Waals surface area contributed by atoms with Crippen molar-refractivity contribution in [2.24, 2.45) is 0 Å². The first-order valence-electron chi connectivity index (χ1n) is 13.3. The highest BCUT2D eigenvalue weighted by Gasteiger charge is 2.45. The van der Waals surface area contributed by atoms with Gasteiger partial charge in [-0.15, -0.1) is 12.4 Å². The molecule has 3 heterocycles. The van der Waals surface area contributed by atoms with Gasteiger partial charge in [0, 0.05) is 60.3 Å². The number of rotatable bonds is 8. The van der Waals surface area contributed by atoms with Crippen LogP contribution in [0.3, 0.4) is 0 Å². The van der Waals surface area contributed by atoms with Gasteiger partial charge in [0.15, 0.2) is 0 Å². The molecule has 0 spiro atoms. The Labute approximate surface area is 251 Å². The number of hydrogen-bond acceptors (Lipinski definition) is 4. The number of H-pyrrole nitrogens is 1. The van der Waals surface area contributed by atoms with Crippen molar-refractivity contribution >= 4 is 39.6 Å². The number of aromatic nitrogens is 2. The molecule has 1 aliphatic carbocycles. The van der Waals surface area contributed by atoms with Crippen molar-refractivity contribution in [3.8, 4) is 22.4 Å². The lowest BCUT2D eigenvalue weighted by atomic mass is 9.91. The highest BCUT2D eigenvalue weighted by atomic mass is 35.5. The van der Waals surface area contributed by atoms with Crippen LogP contribution in [-0.2, 0) is 15.4 Å². The van der Waals surface area contributed by atoms with Crippen molar-refractivity contribution in [3.63, 3.8) is 0 Å². The fourth-order valence-corrected chi connectivity index (χ4v) is 6.61. The molecule has 0 saturated heterocycles. The molecular formula is C31H31Cl2FN4O2S. The molecule has 0 amide bonds. The number of aromatic amines is 1. The lowest BCUT2D eigenvalue weighted by Gasteiger charge is -2.30. The van der Waals surface area contributed by atoms with Crippen LogP contribution in [0.4, 0.5) is 4.39 Å². The van der Waals surface area contributed by atoms with E-state index in [1.807, 2.05) is 30.5 Å². The third-order valence-corrected chi connectivity index (χ3v) is 9.84. The van der Waals surface area contributed by atoms with Crippen LogP contribution in [0.5, 0.6) is 0 Å². The largest absolute Gasteiger partial charge is 0.360 e. The zero-order chi connectivity index (χ0) is 27.9. The average Bonchev–Trinajstić information content (AvgIpc) is 3.63. The van der Waals surface area contributed by atoms with Crippen molar-refractivity contribution in [2.75, 3.05) is 26.7 Å². The van der Waals surface area contributed by atoms with E-state index in [1.54, 1.807) is 36.7 Å². The number of pyridine rings is 1. The molecule has 1 aliphatic heterocycles. The van der Waals surface area contributed by atoms with Gasteiger partial charge in [0.25, 0.3) is 0 Å². The quantitative estimate of drug-likeness (QED) is 0.232. The van der Waals surface area contributed by atoms with Gasteiger partial charge in [0.05, 0.1) is 15.6 Å². The number of nitrogens with zero attached hydrogens (tertiary/aromatic N) is 2. The minimum atomic E-state index is -3.44. The van der Waals surface area contributed by atoms with Crippen LogP contribution >= 0.6 is 24.0 Å². The van der Waals surface area contributed by atoms with Crippen LogP contribution < -0.4 is 4.72 Å². The smallest absolute Gasteiger partial charge is 0.240 e. The minimum Gasteiger partial charge on any atom is -0.360 e. The first-order chi connectivity index (χ1) is 19.3. The second-order valence-corrected chi connectivity index (χ2v) is 12.8. The molecule has 0 bridgehead atoms. The summed E-state index contributed by atoms with van der Waals surface area (Å²) >= 11 is 6.12. The van der Waals surface area contributed by atoms with Crippen LogP contribution in [0.1, 0.15) is 30.4 Å². The van der Waals surface area contributed by atoms with Gasteiger partial charge < -0.3 is 4.98 Å². The summed E-state index contributed by atoms with van der Waals surface area (Å²) in [5, 5.41) is 0.0918. The first kappa shape index (κ1) is 29.5. The van der Waals surface area contributed by atoms with Crippen molar-refractivity contribution in [3.05, 3.63) is 101 Å². The topological polar surface area (TPSA) is 78.1 Å². The second-order valence-electron chi connectivity index (χ2n) is 10.5.